The van der Waals surface area contributed by atoms with Crippen LogP contribution in [-0.2, 0) is 4.74 Å². The topological polar surface area (TPSA) is 42.5 Å². The molecule has 6 heteroatoms. The minimum atomic E-state index is 0.546. The lowest BCUT2D eigenvalue weighted by atomic mass is 10.3. The van der Waals surface area contributed by atoms with Gasteiger partial charge in [0.1, 0.15) is 5.75 Å². The summed E-state index contributed by atoms with van der Waals surface area (Å²) in [4.78, 5) is 0. The monoisotopic (exact) mass is 288 g/mol. The number of rotatable bonds is 6. The molecular weight excluding hydrogens is 272 g/mol. The average Bonchev–Trinajstić information content (AvgIpc) is 2.35. The van der Waals surface area contributed by atoms with Gasteiger partial charge in [0.15, 0.2) is 5.11 Å². The molecule has 0 fully saturated rings. The van der Waals surface area contributed by atoms with Crippen LogP contribution in [0.1, 0.15) is 6.42 Å². The first-order valence-corrected chi connectivity index (χ1v) is 6.33. The fourth-order valence-electron chi connectivity index (χ4n) is 1.34. The summed E-state index contributed by atoms with van der Waals surface area (Å²) in [5.41, 5.74) is 0.824. The molecule has 0 aliphatic heterocycles. The van der Waals surface area contributed by atoms with Crippen molar-refractivity contribution in [3.63, 3.8) is 0 Å². The molecule has 0 atom stereocenters. The van der Waals surface area contributed by atoms with Gasteiger partial charge in [0.25, 0.3) is 0 Å². The van der Waals surface area contributed by atoms with Crippen LogP contribution >= 0.6 is 23.8 Å². The van der Waals surface area contributed by atoms with E-state index in [-0.39, 0.29) is 0 Å². The standard InChI is InChI=1S/C12H17ClN2O2S/c1-16-7-3-6-14-12(18)15-9-4-5-11(17-2)10(13)8-9/h4-5,8H,3,6-7H2,1-2H3,(H2,14,15,18). The molecule has 1 aromatic carbocycles. The number of hydrogen-bond acceptors (Lipinski definition) is 3. The zero-order chi connectivity index (χ0) is 13.4. The Morgan fingerprint density at radius 1 is 1.39 bits per heavy atom. The second-order valence-corrected chi connectivity index (χ2v) is 4.39. The van der Waals surface area contributed by atoms with E-state index in [1.807, 2.05) is 6.07 Å². The highest BCUT2D eigenvalue weighted by Crippen LogP contribution is 2.27. The van der Waals surface area contributed by atoms with Gasteiger partial charge >= 0.3 is 0 Å². The molecule has 0 saturated carbocycles. The number of ether oxygens (including phenoxy) is 2. The maximum atomic E-state index is 6.01. The van der Waals surface area contributed by atoms with Crippen LogP contribution in [-0.4, -0.2) is 32.5 Å². The molecule has 0 aliphatic carbocycles. The lowest BCUT2D eigenvalue weighted by molar-refractivity contribution is 0.196. The number of thiocarbonyl (C=S) groups is 1. The zero-order valence-electron chi connectivity index (χ0n) is 10.5. The van der Waals surface area contributed by atoms with E-state index < -0.39 is 0 Å². The predicted octanol–water partition coefficient (Wildman–Crippen LogP) is 2.67. The molecule has 0 spiro atoms. The van der Waals surface area contributed by atoms with Crippen molar-refractivity contribution in [2.75, 3.05) is 32.7 Å². The summed E-state index contributed by atoms with van der Waals surface area (Å²) in [6, 6.07) is 5.41. The van der Waals surface area contributed by atoms with Gasteiger partial charge in [0.05, 0.1) is 12.1 Å². The predicted molar refractivity (Wildman–Crippen MR) is 78.7 cm³/mol. The van der Waals surface area contributed by atoms with Crippen LogP contribution in [0.15, 0.2) is 18.2 Å². The third-order valence-electron chi connectivity index (χ3n) is 2.22. The molecule has 100 valence electrons. The molecule has 2 N–H and O–H groups in total. The number of anilines is 1. The summed E-state index contributed by atoms with van der Waals surface area (Å²) in [6.07, 6.45) is 0.904. The highest BCUT2D eigenvalue weighted by atomic mass is 35.5. The minimum absolute atomic E-state index is 0.546. The maximum absolute atomic E-state index is 6.01. The van der Waals surface area contributed by atoms with Crippen molar-refractivity contribution in [2.45, 2.75) is 6.42 Å². The fourth-order valence-corrected chi connectivity index (χ4v) is 1.82. The average molecular weight is 289 g/mol. The Labute approximate surface area is 118 Å². The summed E-state index contributed by atoms with van der Waals surface area (Å²) >= 11 is 11.2. The Hall–Kier alpha value is -1.04. The van der Waals surface area contributed by atoms with Crippen molar-refractivity contribution in [1.29, 1.82) is 0 Å². The molecule has 0 aliphatic rings. The van der Waals surface area contributed by atoms with Crippen LogP contribution in [0.5, 0.6) is 5.75 Å². The Balaban J connectivity index is 2.42. The third-order valence-corrected chi connectivity index (χ3v) is 2.76. The first-order chi connectivity index (χ1) is 8.67. The lowest BCUT2D eigenvalue weighted by Crippen LogP contribution is -2.29. The van der Waals surface area contributed by atoms with Gasteiger partial charge in [-0.15, -0.1) is 0 Å². The first-order valence-electron chi connectivity index (χ1n) is 5.54. The minimum Gasteiger partial charge on any atom is -0.495 e. The number of nitrogens with one attached hydrogen (secondary N) is 2. The molecule has 0 radical (unpaired) electrons. The van der Waals surface area contributed by atoms with Crippen molar-refractivity contribution < 1.29 is 9.47 Å². The van der Waals surface area contributed by atoms with Gasteiger partial charge in [-0.25, -0.2) is 0 Å². The van der Waals surface area contributed by atoms with Crippen molar-refractivity contribution in [3.8, 4) is 5.75 Å². The highest BCUT2D eigenvalue weighted by Gasteiger charge is 2.02. The molecule has 0 amide bonds. The summed E-state index contributed by atoms with van der Waals surface area (Å²) in [7, 11) is 3.26. The maximum Gasteiger partial charge on any atom is 0.170 e. The zero-order valence-corrected chi connectivity index (χ0v) is 12.0. The van der Waals surface area contributed by atoms with E-state index in [4.69, 9.17) is 33.3 Å². The van der Waals surface area contributed by atoms with Crippen molar-refractivity contribution in [3.05, 3.63) is 23.2 Å². The van der Waals surface area contributed by atoms with E-state index in [2.05, 4.69) is 10.6 Å². The lowest BCUT2D eigenvalue weighted by Gasteiger charge is -2.11. The highest BCUT2D eigenvalue weighted by molar-refractivity contribution is 7.80. The molecule has 4 nitrogen and oxygen atoms in total. The van der Waals surface area contributed by atoms with Crippen LogP contribution in [0.3, 0.4) is 0 Å². The summed E-state index contributed by atoms with van der Waals surface area (Å²) in [6.45, 7) is 1.48. The van der Waals surface area contributed by atoms with E-state index in [0.29, 0.717) is 22.5 Å². The molecule has 0 aromatic heterocycles. The molecular formula is C12H17ClN2O2S. The molecule has 0 heterocycles. The molecule has 1 aromatic rings. The molecule has 18 heavy (non-hydrogen) atoms. The van der Waals surface area contributed by atoms with E-state index in [1.54, 1.807) is 26.4 Å². The molecule has 0 saturated heterocycles. The summed E-state index contributed by atoms with van der Waals surface area (Å²) in [5.74, 6) is 0.640. The van der Waals surface area contributed by atoms with Crippen LogP contribution in [0.4, 0.5) is 5.69 Å². The first kappa shape index (κ1) is 15.0. The number of halogens is 1. The smallest absolute Gasteiger partial charge is 0.170 e. The van der Waals surface area contributed by atoms with Gasteiger partial charge < -0.3 is 20.1 Å². The Kier molecular flexibility index (Phi) is 6.78. The third kappa shape index (κ3) is 5.08. The van der Waals surface area contributed by atoms with E-state index in [9.17, 15) is 0 Å². The Morgan fingerprint density at radius 2 is 2.17 bits per heavy atom. The second-order valence-electron chi connectivity index (χ2n) is 3.58. The SMILES string of the molecule is COCCCNC(=S)Nc1ccc(OC)c(Cl)c1. The van der Waals surface area contributed by atoms with E-state index in [0.717, 1.165) is 18.7 Å². The number of methoxy groups -OCH3 is 2. The van der Waals surface area contributed by atoms with Crippen molar-refractivity contribution in [1.82, 2.24) is 5.32 Å². The van der Waals surface area contributed by atoms with Gasteiger partial charge in [0, 0.05) is 25.9 Å². The molecule has 1 rings (SSSR count). The molecule has 0 unspecified atom stereocenters. The number of hydrogen-bond donors (Lipinski definition) is 2. The fraction of sp³-hybridized carbons (Fsp3) is 0.417. The molecule has 0 bridgehead atoms. The second kappa shape index (κ2) is 8.13. The van der Waals surface area contributed by atoms with E-state index in [1.165, 1.54) is 0 Å². The van der Waals surface area contributed by atoms with Crippen molar-refractivity contribution in [2.24, 2.45) is 0 Å². The largest absolute Gasteiger partial charge is 0.495 e. The van der Waals surface area contributed by atoms with Gasteiger partial charge in [0.2, 0.25) is 0 Å². The Morgan fingerprint density at radius 3 is 2.78 bits per heavy atom. The van der Waals surface area contributed by atoms with Crippen molar-refractivity contribution >= 4 is 34.6 Å². The Bertz CT molecular complexity index is 402. The normalized spacial score (nSPS) is 9.94. The van der Waals surface area contributed by atoms with Gasteiger partial charge in [-0.2, -0.15) is 0 Å². The summed E-state index contributed by atoms with van der Waals surface area (Å²) in [5, 5.41) is 7.24. The van der Waals surface area contributed by atoms with Gasteiger partial charge in [-0.3, -0.25) is 0 Å². The van der Waals surface area contributed by atoms with Crippen LogP contribution in [0.2, 0.25) is 5.02 Å². The van der Waals surface area contributed by atoms with E-state index >= 15 is 0 Å². The quantitative estimate of drug-likeness (QED) is 0.622. The van der Waals surface area contributed by atoms with Gasteiger partial charge in [-0.05, 0) is 36.8 Å². The summed E-state index contributed by atoms with van der Waals surface area (Å²) < 4.78 is 10.0. The van der Waals surface area contributed by atoms with Gasteiger partial charge in [-0.1, -0.05) is 11.6 Å². The number of benzene rings is 1. The van der Waals surface area contributed by atoms with Crippen LogP contribution < -0.4 is 15.4 Å². The van der Waals surface area contributed by atoms with Crippen LogP contribution in [0, 0.1) is 0 Å². The van der Waals surface area contributed by atoms with Crippen LogP contribution in [0.25, 0.3) is 0 Å².